The lowest BCUT2D eigenvalue weighted by Crippen LogP contribution is -2.36. The molecule has 0 unspecified atom stereocenters. The molecular formula is C21H27N5O3. The Kier molecular flexibility index (Phi) is 5.51. The summed E-state index contributed by atoms with van der Waals surface area (Å²) < 4.78 is 1.51. The van der Waals surface area contributed by atoms with Crippen LogP contribution in [0.4, 0.5) is 10.6 Å². The van der Waals surface area contributed by atoms with E-state index >= 15 is 0 Å². The Bertz CT molecular complexity index is 1030. The summed E-state index contributed by atoms with van der Waals surface area (Å²) in [5.41, 5.74) is 0.243. The molecule has 1 N–H and O–H groups in total. The molecule has 3 fully saturated rings. The number of aryl methyl sites for hydroxylation is 1. The zero-order valence-corrected chi connectivity index (χ0v) is 16.9. The zero-order chi connectivity index (χ0) is 20.4. The highest BCUT2D eigenvalue weighted by Crippen LogP contribution is 2.36. The van der Waals surface area contributed by atoms with Crippen LogP contribution < -0.4 is 21.3 Å². The van der Waals surface area contributed by atoms with E-state index in [0.29, 0.717) is 18.4 Å². The maximum atomic E-state index is 13.0. The van der Waals surface area contributed by atoms with Gasteiger partial charge in [0.25, 0.3) is 11.0 Å². The van der Waals surface area contributed by atoms with Crippen molar-refractivity contribution in [3.05, 3.63) is 40.1 Å². The van der Waals surface area contributed by atoms with Crippen molar-refractivity contribution in [2.75, 3.05) is 24.5 Å². The second kappa shape index (κ2) is 8.23. The summed E-state index contributed by atoms with van der Waals surface area (Å²) in [5.74, 6) is 2.02. The summed E-state index contributed by atoms with van der Waals surface area (Å²) in [7, 11) is 1.69. The summed E-state index contributed by atoms with van der Waals surface area (Å²) >= 11 is 0. The van der Waals surface area contributed by atoms with Crippen molar-refractivity contribution >= 4 is 22.8 Å². The van der Waals surface area contributed by atoms with Crippen molar-refractivity contribution in [2.45, 2.75) is 32.6 Å². The fourth-order valence-corrected chi connectivity index (χ4v) is 4.45. The molecule has 154 valence electrons. The third-order valence-corrected chi connectivity index (χ3v) is 5.97. The van der Waals surface area contributed by atoms with E-state index in [-0.39, 0.29) is 5.49 Å². The summed E-state index contributed by atoms with van der Waals surface area (Å²) in [6.07, 6.45) is 4.28. The molecule has 1 aromatic heterocycles. The van der Waals surface area contributed by atoms with Crippen molar-refractivity contribution in [1.29, 1.82) is 0 Å². The Morgan fingerprint density at radius 2 is 1.86 bits per heavy atom. The number of anilines is 1. The number of amides is 1. The van der Waals surface area contributed by atoms with Crippen molar-refractivity contribution in [3.8, 4) is 0 Å². The van der Waals surface area contributed by atoms with Gasteiger partial charge in [-0.25, -0.2) is 9.78 Å². The van der Waals surface area contributed by atoms with E-state index in [9.17, 15) is 9.59 Å². The molecule has 8 heteroatoms. The topological polar surface area (TPSA) is 88.8 Å². The number of rotatable bonds is 3. The van der Waals surface area contributed by atoms with Gasteiger partial charge in [0.1, 0.15) is 5.82 Å². The molecular weight excluding hydrogens is 370 g/mol. The molecule has 0 radical (unpaired) electrons. The molecule has 29 heavy (non-hydrogen) atoms. The van der Waals surface area contributed by atoms with Crippen LogP contribution in [0.15, 0.2) is 34.2 Å². The highest BCUT2D eigenvalue weighted by molar-refractivity contribution is 5.89. The summed E-state index contributed by atoms with van der Waals surface area (Å²) in [5, 5.41) is 7.19. The van der Waals surface area contributed by atoms with E-state index in [4.69, 9.17) is 4.84 Å². The number of carbonyl (C=O) groups is 1. The minimum atomic E-state index is -0.707. The lowest BCUT2D eigenvalue weighted by Gasteiger charge is -2.24. The van der Waals surface area contributed by atoms with Crippen molar-refractivity contribution in [3.63, 3.8) is 0 Å². The largest absolute Gasteiger partial charge is 0.433 e. The van der Waals surface area contributed by atoms with E-state index in [1.54, 1.807) is 14.0 Å². The minimum absolute atomic E-state index is 0.124. The second-order valence-electron chi connectivity index (χ2n) is 7.93. The fourth-order valence-electron chi connectivity index (χ4n) is 4.45. The molecule has 8 nitrogen and oxygen atoms in total. The third-order valence-electron chi connectivity index (χ3n) is 5.97. The summed E-state index contributed by atoms with van der Waals surface area (Å²) in [6.45, 7) is 4.03. The van der Waals surface area contributed by atoms with Crippen LogP contribution >= 0.6 is 0 Å². The van der Waals surface area contributed by atoms with Crippen molar-refractivity contribution in [1.82, 2.24) is 14.9 Å². The quantitative estimate of drug-likeness (QED) is 0.633. The molecule has 2 saturated heterocycles. The lowest BCUT2D eigenvalue weighted by atomic mass is 9.84. The average molecular weight is 397 g/mol. The number of nitrogens with zero attached hydrogens (tertiary/aromatic N) is 4. The van der Waals surface area contributed by atoms with Gasteiger partial charge in [-0.15, -0.1) is 0 Å². The second-order valence-corrected chi connectivity index (χ2v) is 7.93. The van der Waals surface area contributed by atoms with Crippen molar-refractivity contribution in [2.24, 2.45) is 24.0 Å². The van der Waals surface area contributed by atoms with Crippen LogP contribution in [-0.2, 0) is 11.9 Å². The summed E-state index contributed by atoms with van der Waals surface area (Å²) in [4.78, 5) is 36.5. The van der Waals surface area contributed by atoms with Gasteiger partial charge >= 0.3 is 6.09 Å². The van der Waals surface area contributed by atoms with Gasteiger partial charge < -0.3 is 14.8 Å². The number of para-hydroxylation sites is 1. The highest BCUT2D eigenvalue weighted by atomic mass is 16.7. The van der Waals surface area contributed by atoms with Gasteiger partial charge in [-0.1, -0.05) is 12.1 Å². The van der Waals surface area contributed by atoms with Crippen LogP contribution in [0.5, 0.6) is 0 Å². The molecule has 5 rings (SSSR count). The molecule has 1 aromatic carbocycles. The predicted octanol–water partition coefficient (Wildman–Crippen LogP) is 2.12. The van der Waals surface area contributed by atoms with Gasteiger partial charge in [-0.3, -0.25) is 9.63 Å². The van der Waals surface area contributed by atoms with Crippen LogP contribution in [0.25, 0.3) is 10.9 Å². The average Bonchev–Trinajstić information content (AvgIpc) is 3.10. The molecule has 3 aliphatic rings. The SMILES string of the molecule is CCNC(=O)O/N=c1/nc(N2CC3CCC(CC3)C2)c2ccccc2n(C)c1=O. The minimum Gasteiger partial charge on any atom is -0.355 e. The van der Waals surface area contributed by atoms with E-state index in [1.165, 1.54) is 30.3 Å². The number of hydrogen-bond acceptors (Lipinski definition) is 6. The van der Waals surface area contributed by atoms with E-state index in [1.807, 2.05) is 24.3 Å². The summed E-state index contributed by atoms with van der Waals surface area (Å²) in [6, 6.07) is 7.74. The number of hydrogen-bond donors (Lipinski definition) is 1. The van der Waals surface area contributed by atoms with Crippen molar-refractivity contribution < 1.29 is 9.63 Å². The predicted molar refractivity (Wildman–Crippen MR) is 110 cm³/mol. The van der Waals surface area contributed by atoms with Gasteiger partial charge in [-0.2, -0.15) is 0 Å². The Morgan fingerprint density at radius 1 is 1.21 bits per heavy atom. The van der Waals surface area contributed by atoms with E-state index in [0.717, 1.165) is 29.8 Å². The smallest absolute Gasteiger partial charge is 0.355 e. The first kappa shape index (κ1) is 19.4. The van der Waals surface area contributed by atoms with Crippen LogP contribution in [0, 0.1) is 11.8 Å². The number of fused-ring (bicyclic) bond motifs is 5. The molecule has 2 bridgehead atoms. The van der Waals surface area contributed by atoms with Gasteiger partial charge in [-0.05, 0) is 61.7 Å². The Morgan fingerprint density at radius 3 is 2.52 bits per heavy atom. The molecule has 0 spiro atoms. The Balaban J connectivity index is 1.89. The molecule has 2 aromatic rings. The van der Waals surface area contributed by atoms with Gasteiger partial charge in [0.2, 0.25) is 0 Å². The fraction of sp³-hybridized carbons (Fsp3) is 0.524. The molecule has 1 amide bonds. The lowest BCUT2D eigenvalue weighted by molar-refractivity contribution is 0.145. The number of benzene rings is 1. The molecule has 1 aliphatic carbocycles. The Hall–Kier alpha value is -2.90. The molecule has 3 heterocycles. The maximum Gasteiger partial charge on any atom is 0.433 e. The van der Waals surface area contributed by atoms with E-state index in [2.05, 4.69) is 20.4 Å². The van der Waals surface area contributed by atoms with Crippen LogP contribution in [0.2, 0.25) is 0 Å². The number of carbonyl (C=O) groups excluding carboxylic acids is 1. The van der Waals surface area contributed by atoms with Gasteiger partial charge in [0, 0.05) is 32.1 Å². The van der Waals surface area contributed by atoms with Crippen LogP contribution in [0.3, 0.4) is 0 Å². The molecule has 2 aliphatic heterocycles. The van der Waals surface area contributed by atoms with Crippen LogP contribution in [0.1, 0.15) is 32.6 Å². The monoisotopic (exact) mass is 397 g/mol. The first-order valence-corrected chi connectivity index (χ1v) is 10.3. The first-order chi connectivity index (χ1) is 14.1. The van der Waals surface area contributed by atoms with E-state index < -0.39 is 11.7 Å². The normalized spacial score (nSPS) is 21.9. The Labute approximate surface area is 169 Å². The van der Waals surface area contributed by atoms with Crippen LogP contribution in [-0.4, -0.2) is 35.3 Å². The van der Waals surface area contributed by atoms with Gasteiger partial charge in [0.15, 0.2) is 0 Å². The third kappa shape index (κ3) is 3.97. The standard InChI is InChI=1S/C21H27N5O3/c1-3-22-21(28)29-24-18-20(27)25(2)17-7-5-4-6-16(17)19(23-18)26-12-14-8-9-15(13-26)11-10-14/h4-7,14-15H,3,8-13H2,1-2H3,(H,22,28)/b24-18+. The molecule has 1 saturated carbocycles. The number of aromatic nitrogens is 2. The highest BCUT2D eigenvalue weighted by Gasteiger charge is 2.30. The zero-order valence-electron chi connectivity index (χ0n) is 16.9. The first-order valence-electron chi connectivity index (χ1n) is 10.3. The number of nitrogens with one attached hydrogen (secondary N) is 1. The molecule has 0 atom stereocenters. The maximum absolute atomic E-state index is 13.0. The van der Waals surface area contributed by atoms with Gasteiger partial charge in [0.05, 0.1) is 5.52 Å².